The number of fused-ring (bicyclic) bond motifs is 9. The van der Waals surface area contributed by atoms with Crippen molar-refractivity contribution < 1.29 is 4.42 Å². The zero-order valence-electron chi connectivity index (χ0n) is 38.2. The van der Waals surface area contributed by atoms with Gasteiger partial charge in [-0.2, -0.15) is 0 Å². The van der Waals surface area contributed by atoms with Crippen LogP contribution in [0.4, 0.5) is 17.1 Å². The minimum absolute atomic E-state index is 0.517. The normalized spacial score (nSPS) is 12.7. The van der Waals surface area contributed by atoms with Crippen LogP contribution in [0, 0.1) is 0 Å². The van der Waals surface area contributed by atoms with E-state index in [2.05, 4.69) is 264 Å². The van der Waals surface area contributed by atoms with Gasteiger partial charge in [0.15, 0.2) is 0 Å². The SMILES string of the molecule is c1ccc(N(c2ccc3c(c2)C(c2ccccc2)(c2ccccc2)c2ccccc2-3)c2ccccc2-c2cccc(-c3ccc4c(c3)c3ccccc3n4-c3ccc4oc5ccccc5c4c3)c2)cc1. The summed E-state index contributed by atoms with van der Waals surface area (Å²) < 4.78 is 8.62. The molecule has 0 amide bonds. The summed E-state index contributed by atoms with van der Waals surface area (Å²) in [7, 11) is 0. The smallest absolute Gasteiger partial charge is 0.135 e. The summed E-state index contributed by atoms with van der Waals surface area (Å²) in [6.07, 6.45) is 0. The summed E-state index contributed by atoms with van der Waals surface area (Å²) in [5.41, 5.74) is 20.3. The van der Waals surface area contributed by atoms with E-state index in [0.29, 0.717) is 0 Å². The molecule has 0 unspecified atom stereocenters. The molecule has 0 saturated heterocycles. The average molecular weight is 893 g/mol. The van der Waals surface area contributed by atoms with Crippen LogP contribution in [-0.2, 0) is 5.41 Å². The van der Waals surface area contributed by atoms with E-state index in [-0.39, 0.29) is 0 Å². The van der Waals surface area contributed by atoms with E-state index in [0.717, 1.165) is 66.9 Å². The number of rotatable bonds is 8. The molecule has 0 saturated carbocycles. The Hall–Kier alpha value is -9.18. The van der Waals surface area contributed by atoms with Crippen LogP contribution in [0.3, 0.4) is 0 Å². The number of para-hydroxylation sites is 4. The highest BCUT2D eigenvalue weighted by Gasteiger charge is 2.46. The number of anilines is 3. The van der Waals surface area contributed by atoms with Crippen molar-refractivity contribution in [2.75, 3.05) is 4.90 Å². The van der Waals surface area contributed by atoms with Crippen molar-refractivity contribution in [3.05, 3.63) is 289 Å². The molecule has 3 nitrogen and oxygen atoms in total. The molecule has 2 aromatic heterocycles. The van der Waals surface area contributed by atoms with Crippen LogP contribution in [0.5, 0.6) is 0 Å². The first kappa shape index (κ1) is 39.9. The minimum atomic E-state index is -0.517. The standard InChI is InChI=1S/C67H44N2O/c1-4-21-48(22-5-1)67(49-23-6-2-7-24-49)60-31-14-10-28-54(60)55-38-36-52(44-61(55)67)68(50-25-8-3-9-26-50)62-32-15-11-27-53(62)47-20-18-19-45(41-47)46-35-39-64-58(42-46)56-29-12-16-33-63(56)69(64)51-37-40-66-59(43-51)57-30-13-17-34-65(57)70-66/h1-44H. The Balaban J connectivity index is 0.908. The molecule has 13 aromatic rings. The van der Waals surface area contributed by atoms with Crippen molar-refractivity contribution in [3.63, 3.8) is 0 Å². The van der Waals surface area contributed by atoms with Gasteiger partial charge in [-0.3, -0.25) is 0 Å². The van der Waals surface area contributed by atoms with Gasteiger partial charge >= 0.3 is 0 Å². The predicted octanol–water partition coefficient (Wildman–Crippen LogP) is 17.8. The molecule has 1 aliphatic carbocycles. The van der Waals surface area contributed by atoms with Crippen LogP contribution in [0.1, 0.15) is 22.3 Å². The topological polar surface area (TPSA) is 21.3 Å². The van der Waals surface area contributed by atoms with Gasteiger partial charge in [-0.15, -0.1) is 0 Å². The van der Waals surface area contributed by atoms with Crippen LogP contribution < -0.4 is 4.90 Å². The van der Waals surface area contributed by atoms with Crippen molar-refractivity contribution in [3.8, 4) is 39.1 Å². The van der Waals surface area contributed by atoms with Gasteiger partial charge < -0.3 is 13.9 Å². The lowest BCUT2D eigenvalue weighted by atomic mass is 9.67. The number of hydrogen-bond donors (Lipinski definition) is 0. The molecule has 0 fully saturated rings. The number of aromatic nitrogens is 1. The van der Waals surface area contributed by atoms with Crippen LogP contribution in [0.2, 0.25) is 0 Å². The Labute approximate surface area is 406 Å². The fraction of sp³-hybridized carbons (Fsp3) is 0.0149. The van der Waals surface area contributed by atoms with Gasteiger partial charge in [0.1, 0.15) is 11.2 Å². The van der Waals surface area contributed by atoms with Gasteiger partial charge in [0.05, 0.1) is 22.1 Å². The molecular weight excluding hydrogens is 849 g/mol. The maximum atomic E-state index is 6.22. The number of hydrogen-bond acceptors (Lipinski definition) is 2. The number of nitrogens with zero attached hydrogens (tertiary/aromatic N) is 2. The monoisotopic (exact) mass is 892 g/mol. The molecule has 0 aliphatic heterocycles. The molecule has 11 aromatic carbocycles. The third kappa shape index (κ3) is 6.08. The Morgan fingerprint density at radius 1 is 0.329 bits per heavy atom. The lowest BCUT2D eigenvalue weighted by Crippen LogP contribution is -2.28. The quantitative estimate of drug-likeness (QED) is 0.152. The molecule has 2 heterocycles. The van der Waals surface area contributed by atoms with Crippen molar-refractivity contribution in [1.82, 2.24) is 4.57 Å². The summed E-state index contributed by atoms with van der Waals surface area (Å²) in [4.78, 5) is 2.44. The van der Waals surface area contributed by atoms with Crippen molar-refractivity contribution in [1.29, 1.82) is 0 Å². The van der Waals surface area contributed by atoms with Gasteiger partial charge in [0.2, 0.25) is 0 Å². The Morgan fingerprint density at radius 3 is 1.76 bits per heavy atom. The average Bonchev–Trinajstić information content (AvgIpc) is 4.08. The second-order valence-electron chi connectivity index (χ2n) is 18.4. The largest absolute Gasteiger partial charge is 0.456 e. The lowest BCUT2D eigenvalue weighted by molar-refractivity contribution is 0.669. The second-order valence-corrected chi connectivity index (χ2v) is 18.4. The number of benzene rings is 11. The molecule has 328 valence electrons. The summed E-state index contributed by atoms with van der Waals surface area (Å²) in [5.74, 6) is 0. The maximum Gasteiger partial charge on any atom is 0.135 e. The molecule has 0 bridgehead atoms. The molecule has 70 heavy (non-hydrogen) atoms. The molecule has 1 aliphatic rings. The van der Waals surface area contributed by atoms with Crippen LogP contribution in [-0.4, -0.2) is 4.57 Å². The molecule has 14 rings (SSSR count). The fourth-order valence-corrected chi connectivity index (χ4v) is 11.6. The van der Waals surface area contributed by atoms with Crippen LogP contribution >= 0.6 is 0 Å². The summed E-state index contributed by atoms with van der Waals surface area (Å²) >= 11 is 0. The van der Waals surface area contributed by atoms with E-state index < -0.39 is 5.41 Å². The summed E-state index contributed by atoms with van der Waals surface area (Å²) in [6, 6.07) is 97.4. The zero-order valence-corrected chi connectivity index (χ0v) is 38.2. The third-order valence-corrected chi connectivity index (χ3v) is 14.7. The van der Waals surface area contributed by atoms with E-state index in [1.165, 1.54) is 55.2 Å². The van der Waals surface area contributed by atoms with E-state index in [1.807, 2.05) is 12.1 Å². The van der Waals surface area contributed by atoms with E-state index in [1.54, 1.807) is 0 Å². The summed E-state index contributed by atoms with van der Waals surface area (Å²) in [5, 5.41) is 4.68. The van der Waals surface area contributed by atoms with E-state index >= 15 is 0 Å². The predicted molar refractivity (Wildman–Crippen MR) is 291 cm³/mol. The van der Waals surface area contributed by atoms with Crippen LogP contribution in [0.15, 0.2) is 271 Å². The Morgan fingerprint density at radius 2 is 0.943 bits per heavy atom. The highest BCUT2D eigenvalue weighted by atomic mass is 16.3. The molecule has 0 spiro atoms. The second kappa shape index (κ2) is 16.0. The minimum Gasteiger partial charge on any atom is -0.456 e. The molecular formula is C67H44N2O. The van der Waals surface area contributed by atoms with Gasteiger partial charge in [0, 0.05) is 44.2 Å². The van der Waals surface area contributed by atoms with Crippen LogP contribution in [0.25, 0.3) is 82.8 Å². The van der Waals surface area contributed by atoms with Crippen molar-refractivity contribution in [2.24, 2.45) is 0 Å². The molecule has 3 heteroatoms. The van der Waals surface area contributed by atoms with Crippen molar-refractivity contribution in [2.45, 2.75) is 5.41 Å². The third-order valence-electron chi connectivity index (χ3n) is 14.7. The lowest BCUT2D eigenvalue weighted by Gasteiger charge is -2.35. The van der Waals surface area contributed by atoms with Gasteiger partial charge in [-0.05, 0) is 129 Å². The van der Waals surface area contributed by atoms with Gasteiger partial charge in [-0.25, -0.2) is 0 Å². The van der Waals surface area contributed by atoms with E-state index in [9.17, 15) is 0 Å². The molecule has 0 N–H and O–H groups in total. The molecule has 0 radical (unpaired) electrons. The van der Waals surface area contributed by atoms with Gasteiger partial charge in [-0.1, -0.05) is 188 Å². The van der Waals surface area contributed by atoms with Gasteiger partial charge in [0.25, 0.3) is 0 Å². The highest BCUT2D eigenvalue weighted by molar-refractivity contribution is 6.11. The first-order valence-electron chi connectivity index (χ1n) is 24.1. The fourth-order valence-electron chi connectivity index (χ4n) is 11.6. The molecule has 0 atom stereocenters. The number of furan rings is 1. The Kier molecular flexibility index (Phi) is 9.11. The first-order chi connectivity index (χ1) is 34.7. The Bertz CT molecular complexity index is 4090. The first-order valence-corrected chi connectivity index (χ1v) is 24.1. The summed E-state index contributed by atoms with van der Waals surface area (Å²) in [6.45, 7) is 0. The highest BCUT2D eigenvalue weighted by Crippen LogP contribution is 2.57. The zero-order chi connectivity index (χ0) is 46.2. The van der Waals surface area contributed by atoms with Crippen molar-refractivity contribution >= 4 is 60.8 Å². The van der Waals surface area contributed by atoms with E-state index in [4.69, 9.17) is 4.42 Å². The maximum absolute atomic E-state index is 6.22.